The highest BCUT2D eigenvalue weighted by Crippen LogP contribution is 2.46. The van der Waals surface area contributed by atoms with Crippen LogP contribution in [0.3, 0.4) is 0 Å². The molecule has 8 atom stereocenters. The van der Waals surface area contributed by atoms with Gasteiger partial charge in [0.1, 0.15) is 36.0 Å². The summed E-state index contributed by atoms with van der Waals surface area (Å²) in [4.78, 5) is 15.2. The summed E-state index contributed by atoms with van der Waals surface area (Å²) in [7, 11) is 1.35. The average molecular weight is 676 g/mol. The Morgan fingerprint density at radius 2 is 1.50 bits per heavy atom. The van der Waals surface area contributed by atoms with Gasteiger partial charge in [0.2, 0.25) is 5.91 Å². The molecule has 9 nitrogen and oxygen atoms in total. The quantitative estimate of drug-likeness (QED) is 0.118. The van der Waals surface area contributed by atoms with E-state index in [0.717, 1.165) is 34.4 Å². The summed E-state index contributed by atoms with van der Waals surface area (Å²) in [6, 6.07) is 30.7. The minimum atomic E-state index is -1.39. The number of rotatable bonds is 12. The number of hydrogen-bond donors (Lipinski definition) is 4. The first-order valence-corrected chi connectivity index (χ1v) is 16.7. The molecular weight excluding hydrogens is 637 g/mol. The maximum absolute atomic E-state index is 13.4. The first kappa shape index (κ1) is 34.1. The lowest BCUT2D eigenvalue weighted by molar-refractivity contribution is -0.285. The minimum absolute atomic E-state index is 0.00637. The highest BCUT2D eigenvalue weighted by atomic mass is 32.2. The number of hydrogen-bond acceptors (Lipinski definition) is 9. The number of ether oxygens (including phenoxy) is 2. The lowest BCUT2D eigenvalue weighted by atomic mass is 9.78. The lowest BCUT2D eigenvalue weighted by Crippen LogP contribution is -2.58. The molecular formula is C37H38FNO8S. The largest absolute Gasteiger partial charge is 0.426 e. The number of anilines is 1. The van der Waals surface area contributed by atoms with Crippen LogP contribution in [0.4, 0.5) is 10.1 Å². The van der Waals surface area contributed by atoms with Gasteiger partial charge in [-0.25, -0.2) is 4.39 Å². The van der Waals surface area contributed by atoms with Crippen molar-refractivity contribution >= 4 is 23.6 Å². The number of β-lactam (4-membered cyclic amide) rings is 1. The highest BCUT2D eigenvalue weighted by Gasteiger charge is 2.48. The zero-order valence-corrected chi connectivity index (χ0v) is 27.0. The van der Waals surface area contributed by atoms with E-state index in [0.29, 0.717) is 24.2 Å². The molecule has 2 aliphatic rings. The second-order valence-electron chi connectivity index (χ2n) is 12.0. The maximum Gasteiger partial charge on any atom is 0.233 e. The van der Waals surface area contributed by atoms with Gasteiger partial charge in [-0.2, -0.15) is 0 Å². The normalized spacial score (nSPS) is 26.2. The second kappa shape index (κ2) is 15.2. The number of halogens is 1. The topological polar surface area (TPSA) is 129 Å². The van der Waals surface area contributed by atoms with Gasteiger partial charge in [0.15, 0.2) is 6.29 Å². The molecule has 6 rings (SSSR count). The monoisotopic (exact) mass is 675 g/mol. The number of carbonyl (C=O) groups excluding carboxylic acids is 1. The molecule has 252 valence electrons. The van der Waals surface area contributed by atoms with Crippen LogP contribution in [0.5, 0.6) is 5.75 Å². The summed E-state index contributed by atoms with van der Waals surface area (Å²) >= 11 is 1.06. The Balaban J connectivity index is 1.10. The van der Waals surface area contributed by atoms with Crippen molar-refractivity contribution in [2.75, 3.05) is 17.8 Å². The third-order valence-corrected chi connectivity index (χ3v) is 9.76. The number of methoxy groups -OCH3 is 1. The predicted octanol–water partition coefficient (Wildman–Crippen LogP) is 5.19. The third-order valence-electron chi connectivity index (χ3n) is 8.98. The van der Waals surface area contributed by atoms with Crippen molar-refractivity contribution in [1.29, 1.82) is 0 Å². The summed E-state index contributed by atoms with van der Waals surface area (Å²) in [6.07, 6.45) is -5.80. The standard InChI is InChI=1S/C37H38FNO8S/c1-45-37-35(43)34(42)33(41)31(46-37)21-48-47-28-17-13-23(14-18-28)22-7-9-25(10-8-22)32-29(36(44)39(32)27-5-3-2-4-6-27)19-20-30(40)24-11-15-26(38)16-12-24/h2-18,29-35,37,40-43H,19-21H2,1H3. The highest BCUT2D eigenvalue weighted by molar-refractivity contribution is 7.95. The molecule has 2 aliphatic heterocycles. The van der Waals surface area contributed by atoms with E-state index < -0.39 is 36.8 Å². The van der Waals surface area contributed by atoms with Crippen molar-refractivity contribution < 1.29 is 43.3 Å². The van der Waals surface area contributed by atoms with Crippen LogP contribution in [-0.4, -0.2) is 69.9 Å². The van der Waals surface area contributed by atoms with Gasteiger partial charge < -0.3 is 39.0 Å². The summed E-state index contributed by atoms with van der Waals surface area (Å²) in [5.74, 6) is 0.121. The molecule has 0 radical (unpaired) electrons. The molecule has 1 amide bonds. The van der Waals surface area contributed by atoms with E-state index in [1.165, 1.54) is 19.2 Å². The number of aliphatic hydroxyl groups excluding tert-OH is 4. The summed E-state index contributed by atoms with van der Waals surface area (Å²) < 4.78 is 29.7. The minimum Gasteiger partial charge on any atom is -0.426 e. The molecule has 48 heavy (non-hydrogen) atoms. The summed E-state index contributed by atoms with van der Waals surface area (Å²) in [6.45, 7) is 0. The van der Waals surface area contributed by atoms with Crippen LogP contribution in [-0.2, 0) is 14.3 Å². The second-order valence-corrected chi connectivity index (χ2v) is 12.7. The van der Waals surface area contributed by atoms with Crippen LogP contribution in [0, 0.1) is 11.7 Å². The first-order valence-electron chi connectivity index (χ1n) is 15.8. The van der Waals surface area contributed by atoms with Crippen LogP contribution in [0.2, 0.25) is 0 Å². The van der Waals surface area contributed by atoms with Crippen LogP contribution in [0.15, 0.2) is 103 Å². The smallest absolute Gasteiger partial charge is 0.233 e. The summed E-state index contributed by atoms with van der Waals surface area (Å²) in [5.41, 5.74) is 4.37. The van der Waals surface area contributed by atoms with Crippen LogP contribution in [0.1, 0.15) is 36.1 Å². The molecule has 8 unspecified atom stereocenters. The first-order chi connectivity index (χ1) is 23.2. The molecule has 4 aromatic carbocycles. The maximum atomic E-state index is 13.4. The fourth-order valence-corrected chi connectivity index (χ4v) is 7.00. The Bertz CT molecular complexity index is 1640. The van der Waals surface area contributed by atoms with Crippen LogP contribution >= 0.6 is 12.0 Å². The molecule has 2 fully saturated rings. The molecule has 0 spiro atoms. The molecule has 2 heterocycles. The van der Waals surface area contributed by atoms with Gasteiger partial charge in [-0.3, -0.25) is 4.79 Å². The number of amides is 1. The Morgan fingerprint density at radius 3 is 2.15 bits per heavy atom. The van der Waals surface area contributed by atoms with Gasteiger partial charge in [-0.1, -0.05) is 66.7 Å². The molecule has 4 N–H and O–H groups in total. The van der Waals surface area contributed by atoms with Gasteiger partial charge in [0, 0.05) is 12.8 Å². The number of aliphatic hydroxyl groups is 4. The molecule has 0 saturated carbocycles. The predicted molar refractivity (Wildman–Crippen MR) is 179 cm³/mol. The zero-order valence-electron chi connectivity index (χ0n) is 26.2. The number of carbonyl (C=O) groups is 1. The zero-order chi connectivity index (χ0) is 33.8. The Labute approximate surface area is 282 Å². The Morgan fingerprint density at radius 1 is 0.854 bits per heavy atom. The van der Waals surface area contributed by atoms with Crippen molar-refractivity contribution in [2.45, 2.75) is 55.7 Å². The third kappa shape index (κ3) is 7.28. The lowest BCUT2D eigenvalue weighted by Gasteiger charge is -2.48. The fraction of sp³-hybridized carbons (Fsp3) is 0.324. The molecule has 0 aromatic heterocycles. The van der Waals surface area contributed by atoms with Crippen LogP contribution in [0.25, 0.3) is 11.1 Å². The van der Waals surface area contributed by atoms with Crippen molar-refractivity contribution in [2.24, 2.45) is 5.92 Å². The molecule has 0 aliphatic carbocycles. The van der Waals surface area contributed by atoms with E-state index in [2.05, 4.69) is 0 Å². The van der Waals surface area contributed by atoms with Crippen molar-refractivity contribution in [1.82, 2.24) is 0 Å². The van der Waals surface area contributed by atoms with Gasteiger partial charge in [0.05, 0.1) is 35.9 Å². The van der Waals surface area contributed by atoms with Gasteiger partial charge >= 0.3 is 0 Å². The van der Waals surface area contributed by atoms with Crippen molar-refractivity contribution in [3.63, 3.8) is 0 Å². The fourth-order valence-electron chi connectivity index (χ4n) is 6.27. The van der Waals surface area contributed by atoms with E-state index in [9.17, 15) is 29.6 Å². The van der Waals surface area contributed by atoms with E-state index in [1.54, 1.807) is 12.1 Å². The van der Waals surface area contributed by atoms with Crippen molar-refractivity contribution in [3.8, 4) is 16.9 Å². The van der Waals surface area contributed by atoms with Gasteiger partial charge in [-0.15, -0.1) is 0 Å². The average Bonchev–Trinajstić information content (AvgIpc) is 3.11. The van der Waals surface area contributed by atoms with Gasteiger partial charge in [-0.05, 0) is 71.5 Å². The number of benzene rings is 4. The molecule has 4 aromatic rings. The number of para-hydroxylation sites is 1. The SMILES string of the molecule is COC1OC(CSOc2ccc(-c3ccc(C4C(CCC(O)c5ccc(F)cc5)C(=O)N4c4ccccc4)cc3)cc2)C(O)C(O)C1O. The molecule has 2 saturated heterocycles. The van der Waals surface area contributed by atoms with E-state index >= 15 is 0 Å². The van der Waals surface area contributed by atoms with Gasteiger partial charge in [0.25, 0.3) is 0 Å². The Hall–Kier alpha value is -3.81. The molecule has 0 bridgehead atoms. The summed E-state index contributed by atoms with van der Waals surface area (Å²) in [5, 5.41) is 41.0. The van der Waals surface area contributed by atoms with Crippen LogP contribution < -0.4 is 9.08 Å². The van der Waals surface area contributed by atoms with E-state index in [1.807, 2.05) is 83.8 Å². The number of nitrogens with zero attached hydrogens (tertiary/aromatic N) is 1. The van der Waals surface area contributed by atoms with E-state index in [4.69, 9.17) is 13.7 Å². The van der Waals surface area contributed by atoms with E-state index in [-0.39, 0.29) is 29.4 Å². The van der Waals surface area contributed by atoms with Crippen molar-refractivity contribution in [3.05, 3.63) is 120 Å². The molecule has 11 heteroatoms. The Kier molecular flexibility index (Phi) is 10.8.